The summed E-state index contributed by atoms with van der Waals surface area (Å²) in [6.45, 7) is 0.871. The summed E-state index contributed by atoms with van der Waals surface area (Å²) < 4.78 is 7.56. The van der Waals surface area contributed by atoms with Gasteiger partial charge in [-0.05, 0) is 12.8 Å². The smallest absolute Gasteiger partial charge is 0.168 e. The minimum atomic E-state index is 0.0178. The SMILES string of the molecule is Cn1c(CO)cnc1SCc1csc(C2CCCO2)n1. The molecule has 0 aromatic carbocycles. The number of rotatable bonds is 5. The average molecular weight is 311 g/mol. The normalized spacial score (nSPS) is 18.8. The van der Waals surface area contributed by atoms with Crippen LogP contribution in [0.15, 0.2) is 16.7 Å². The highest BCUT2D eigenvalue weighted by Crippen LogP contribution is 2.32. The molecule has 1 aliphatic rings. The molecule has 0 radical (unpaired) electrons. The van der Waals surface area contributed by atoms with Crippen LogP contribution >= 0.6 is 23.1 Å². The van der Waals surface area contributed by atoms with Crippen molar-refractivity contribution in [3.8, 4) is 0 Å². The minimum Gasteiger partial charge on any atom is -0.390 e. The Kier molecular flexibility index (Phi) is 4.40. The first-order valence-corrected chi connectivity index (χ1v) is 8.44. The second-order valence-electron chi connectivity index (χ2n) is 4.72. The topological polar surface area (TPSA) is 60.2 Å². The van der Waals surface area contributed by atoms with Crippen LogP contribution in [0.2, 0.25) is 0 Å². The van der Waals surface area contributed by atoms with Crippen LogP contribution in [0.3, 0.4) is 0 Å². The number of imidazole rings is 1. The van der Waals surface area contributed by atoms with Gasteiger partial charge in [-0.15, -0.1) is 11.3 Å². The number of ether oxygens (including phenoxy) is 1. The van der Waals surface area contributed by atoms with Crippen molar-refractivity contribution in [2.75, 3.05) is 6.61 Å². The maximum atomic E-state index is 9.15. The highest BCUT2D eigenvalue weighted by Gasteiger charge is 2.21. The van der Waals surface area contributed by atoms with Gasteiger partial charge in [0.1, 0.15) is 11.1 Å². The van der Waals surface area contributed by atoms with Gasteiger partial charge in [-0.25, -0.2) is 9.97 Å². The number of thiazole rings is 1. The molecule has 1 aliphatic heterocycles. The van der Waals surface area contributed by atoms with Crippen LogP contribution in [0.5, 0.6) is 0 Å². The number of hydrogen-bond acceptors (Lipinski definition) is 6. The molecule has 0 aliphatic carbocycles. The Bertz CT molecular complexity index is 576. The summed E-state index contributed by atoms with van der Waals surface area (Å²) in [4.78, 5) is 8.95. The molecule has 20 heavy (non-hydrogen) atoms. The van der Waals surface area contributed by atoms with Crippen LogP contribution in [-0.4, -0.2) is 26.2 Å². The Labute approximate surface area is 126 Å². The number of aromatic nitrogens is 3. The number of aliphatic hydroxyl groups is 1. The van der Waals surface area contributed by atoms with Gasteiger partial charge >= 0.3 is 0 Å². The molecule has 1 saturated heterocycles. The average Bonchev–Trinajstić information content (AvgIpc) is 3.17. The lowest BCUT2D eigenvalue weighted by Crippen LogP contribution is -1.98. The number of nitrogens with zero attached hydrogens (tertiary/aromatic N) is 3. The molecule has 0 saturated carbocycles. The summed E-state index contributed by atoms with van der Waals surface area (Å²) in [5.41, 5.74) is 1.89. The van der Waals surface area contributed by atoms with Crippen molar-refractivity contribution in [2.45, 2.75) is 36.5 Å². The van der Waals surface area contributed by atoms with Gasteiger partial charge in [0.2, 0.25) is 0 Å². The van der Waals surface area contributed by atoms with Gasteiger partial charge in [-0.1, -0.05) is 11.8 Å². The zero-order valence-corrected chi connectivity index (χ0v) is 12.9. The largest absolute Gasteiger partial charge is 0.390 e. The standard InChI is InChI=1S/C13H17N3O2S2/c1-16-10(6-17)5-14-13(16)20-8-9-7-19-12(15-9)11-3-2-4-18-11/h5,7,11,17H,2-4,6,8H2,1H3. The molecule has 1 atom stereocenters. The molecule has 2 aromatic rings. The molecule has 3 heterocycles. The van der Waals surface area contributed by atoms with Gasteiger partial charge in [0.25, 0.3) is 0 Å². The lowest BCUT2D eigenvalue weighted by molar-refractivity contribution is 0.111. The summed E-state index contributed by atoms with van der Waals surface area (Å²) in [6.07, 6.45) is 4.12. The molecular weight excluding hydrogens is 294 g/mol. The molecule has 1 N–H and O–H groups in total. The lowest BCUT2D eigenvalue weighted by atomic mass is 10.2. The summed E-state index contributed by atoms with van der Waals surface area (Å²) in [7, 11) is 1.92. The summed E-state index contributed by atoms with van der Waals surface area (Å²) in [5, 5.41) is 13.2. The van der Waals surface area contributed by atoms with Crippen LogP contribution in [-0.2, 0) is 24.1 Å². The molecule has 3 rings (SSSR count). The Hall–Kier alpha value is -0.890. The number of hydrogen-bond donors (Lipinski definition) is 1. The Balaban J connectivity index is 1.62. The van der Waals surface area contributed by atoms with Crippen molar-refractivity contribution in [3.63, 3.8) is 0 Å². The van der Waals surface area contributed by atoms with Crippen molar-refractivity contribution in [1.82, 2.24) is 14.5 Å². The first kappa shape index (κ1) is 14.1. The monoisotopic (exact) mass is 311 g/mol. The highest BCUT2D eigenvalue weighted by atomic mass is 32.2. The first-order chi connectivity index (χ1) is 9.78. The van der Waals surface area contributed by atoms with Gasteiger partial charge in [0.05, 0.1) is 24.2 Å². The van der Waals surface area contributed by atoms with E-state index in [1.807, 2.05) is 11.6 Å². The second-order valence-corrected chi connectivity index (χ2v) is 6.55. The summed E-state index contributed by atoms with van der Waals surface area (Å²) >= 11 is 3.32. The molecule has 7 heteroatoms. The fourth-order valence-electron chi connectivity index (χ4n) is 2.15. The summed E-state index contributed by atoms with van der Waals surface area (Å²) in [6, 6.07) is 0. The number of thioether (sulfide) groups is 1. The van der Waals surface area contributed by atoms with E-state index in [1.165, 1.54) is 0 Å². The van der Waals surface area contributed by atoms with Crippen LogP contribution in [0, 0.1) is 0 Å². The van der Waals surface area contributed by atoms with E-state index in [2.05, 4.69) is 15.3 Å². The van der Waals surface area contributed by atoms with Crippen LogP contribution < -0.4 is 0 Å². The first-order valence-electron chi connectivity index (χ1n) is 6.58. The van der Waals surface area contributed by atoms with Gasteiger partial charge in [-0.2, -0.15) is 0 Å². The minimum absolute atomic E-state index is 0.0178. The van der Waals surface area contributed by atoms with Crippen molar-refractivity contribution < 1.29 is 9.84 Å². The van der Waals surface area contributed by atoms with Crippen molar-refractivity contribution in [3.05, 3.63) is 28.0 Å². The van der Waals surface area contributed by atoms with E-state index < -0.39 is 0 Å². The van der Waals surface area contributed by atoms with E-state index in [1.54, 1.807) is 29.3 Å². The Morgan fingerprint density at radius 3 is 3.20 bits per heavy atom. The van der Waals surface area contributed by atoms with E-state index in [-0.39, 0.29) is 12.7 Å². The molecule has 0 bridgehead atoms. The fraction of sp³-hybridized carbons (Fsp3) is 0.538. The number of aliphatic hydroxyl groups excluding tert-OH is 1. The molecule has 0 spiro atoms. The molecule has 1 unspecified atom stereocenters. The predicted octanol–water partition coefficient (Wildman–Crippen LogP) is 2.51. The van der Waals surface area contributed by atoms with Crippen molar-refractivity contribution >= 4 is 23.1 Å². The van der Waals surface area contributed by atoms with Gasteiger partial charge in [-0.3, -0.25) is 0 Å². The second kappa shape index (κ2) is 6.26. The maximum Gasteiger partial charge on any atom is 0.168 e. The quantitative estimate of drug-likeness (QED) is 0.860. The lowest BCUT2D eigenvalue weighted by Gasteiger charge is -2.04. The third-order valence-corrected chi connectivity index (χ3v) is 5.39. The van der Waals surface area contributed by atoms with Gasteiger partial charge < -0.3 is 14.4 Å². The van der Waals surface area contributed by atoms with Crippen LogP contribution in [0.1, 0.15) is 35.3 Å². The van der Waals surface area contributed by atoms with E-state index in [0.717, 1.165) is 46.8 Å². The highest BCUT2D eigenvalue weighted by molar-refractivity contribution is 7.98. The predicted molar refractivity (Wildman–Crippen MR) is 78.7 cm³/mol. The fourth-order valence-corrected chi connectivity index (χ4v) is 4.02. The molecular formula is C13H17N3O2S2. The van der Waals surface area contributed by atoms with Crippen LogP contribution in [0.4, 0.5) is 0 Å². The van der Waals surface area contributed by atoms with E-state index in [9.17, 15) is 0 Å². The summed E-state index contributed by atoms with van der Waals surface area (Å²) in [5.74, 6) is 0.791. The van der Waals surface area contributed by atoms with Crippen molar-refractivity contribution in [2.24, 2.45) is 7.05 Å². The molecule has 0 amide bonds. The van der Waals surface area contributed by atoms with Crippen molar-refractivity contribution in [1.29, 1.82) is 0 Å². The van der Waals surface area contributed by atoms with E-state index in [4.69, 9.17) is 9.84 Å². The van der Waals surface area contributed by atoms with Crippen LogP contribution in [0.25, 0.3) is 0 Å². The molecule has 108 valence electrons. The molecule has 2 aromatic heterocycles. The van der Waals surface area contributed by atoms with Gasteiger partial charge in [0, 0.05) is 24.8 Å². The van der Waals surface area contributed by atoms with E-state index >= 15 is 0 Å². The Morgan fingerprint density at radius 1 is 1.60 bits per heavy atom. The zero-order valence-electron chi connectivity index (χ0n) is 11.3. The van der Waals surface area contributed by atoms with Gasteiger partial charge in [0.15, 0.2) is 5.16 Å². The van der Waals surface area contributed by atoms with E-state index in [0.29, 0.717) is 0 Å². The third kappa shape index (κ3) is 2.90. The zero-order chi connectivity index (χ0) is 13.9. The molecule has 1 fully saturated rings. The Morgan fingerprint density at radius 2 is 2.50 bits per heavy atom. The maximum absolute atomic E-state index is 9.15. The molecule has 5 nitrogen and oxygen atoms in total. The third-order valence-electron chi connectivity index (χ3n) is 3.33.